The second-order valence-corrected chi connectivity index (χ2v) is 6.79. The standard InChI is InChI=1S/C13H21N3OS2/c1-18-8-12-16-11(7-19-12)4-5-15-13(17)9-2-3-10(14)6-9/h7,9-10H,2-6,8,14H2,1H3,(H,15,17). The molecule has 1 heterocycles. The molecule has 2 unspecified atom stereocenters. The van der Waals surface area contributed by atoms with Crippen molar-refractivity contribution < 1.29 is 4.79 Å². The van der Waals surface area contributed by atoms with E-state index < -0.39 is 0 Å². The zero-order valence-corrected chi connectivity index (χ0v) is 12.9. The largest absolute Gasteiger partial charge is 0.355 e. The summed E-state index contributed by atoms with van der Waals surface area (Å²) in [6.07, 6.45) is 5.63. The molecule has 19 heavy (non-hydrogen) atoms. The zero-order valence-electron chi connectivity index (χ0n) is 11.2. The lowest BCUT2D eigenvalue weighted by molar-refractivity contribution is -0.124. The van der Waals surface area contributed by atoms with Crippen LogP contribution in [0.4, 0.5) is 0 Å². The minimum atomic E-state index is 0.123. The summed E-state index contributed by atoms with van der Waals surface area (Å²) in [6, 6.07) is 0.211. The second kappa shape index (κ2) is 7.26. The number of nitrogens with zero attached hydrogens (tertiary/aromatic N) is 1. The molecule has 6 heteroatoms. The van der Waals surface area contributed by atoms with Crippen molar-refractivity contribution in [2.24, 2.45) is 11.7 Å². The Morgan fingerprint density at radius 3 is 3.16 bits per heavy atom. The first-order valence-electron chi connectivity index (χ1n) is 6.64. The number of amides is 1. The number of hydrogen-bond acceptors (Lipinski definition) is 5. The summed E-state index contributed by atoms with van der Waals surface area (Å²) in [7, 11) is 0. The predicted octanol–water partition coefficient (Wildman–Crippen LogP) is 1.79. The summed E-state index contributed by atoms with van der Waals surface area (Å²) < 4.78 is 0. The van der Waals surface area contributed by atoms with E-state index in [1.807, 2.05) is 0 Å². The number of thiazole rings is 1. The summed E-state index contributed by atoms with van der Waals surface area (Å²) in [5.74, 6) is 1.25. The van der Waals surface area contributed by atoms with Gasteiger partial charge in [-0.25, -0.2) is 4.98 Å². The molecule has 0 radical (unpaired) electrons. The van der Waals surface area contributed by atoms with Crippen molar-refractivity contribution >= 4 is 29.0 Å². The van der Waals surface area contributed by atoms with E-state index in [0.717, 1.165) is 42.1 Å². The molecule has 2 atom stereocenters. The summed E-state index contributed by atoms with van der Waals surface area (Å²) in [5.41, 5.74) is 6.90. The smallest absolute Gasteiger partial charge is 0.223 e. The molecule has 1 saturated carbocycles. The van der Waals surface area contributed by atoms with Crippen LogP contribution in [-0.4, -0.2) is 29.7 Å². The molecule has 1 fully saturated rings. The van der Waals surface area contributed by atoms with Gasteiger partial charge in [0.25, 0.3) is 0 Å². The Morgan fingerprint density at radius 1 is 1.63 bits per heavy atom. The van der Waals surface area contributed by atoms with Gasteiger partial charge in [-0.2, -0.15) is 11.8 Å². The normalized spacial score (nSPS) is 22.6. The van der Waals surface area contributed by atoms with Crippen molar-refractivity contribution in [2.75, 3.05) is 12.8 Å². The summed E-state index contributed by atoms with van der Waals surface area (Å²) in [6.45, 7) is 0.674. The quantitative estimate of drug-likeness (QED) is 0.840. The Labute approximate surface area is 122 Å². The third-order valence-corrected chi connectivity index (χ3v) is 5.03. The van der Waals surface area contributed by atoms with E-state index >= 15 is 0 Å². The van der Waals surface area contributed by atoms with Crippen LogP contribution < -0.4 is 11.1 Å². The number of thioether (sulfide) groups is 1. The van der Waals surface area contributed by atoms with Crippen molar-refractivity contribution in [3.8, 4) is 0 Å². The van der Waals surface area contributed by atoms with E-state index in [4.69, 9.17) is 5.73 Å². The highest BCUT2D eigenvalue weighted by Crippen LogP contribution is 2.24. The molecule has 1 aromatic heterocycles. The van der Waals surface area contributed by atoms with Crippen molar-refractivity contribution in [3.05, 3.63) is 16.1 Å². The minimum absolute atomic E-state index is 0.123. The third kappa shape index (κ3) is 4.47. The maximum Gasteiger partial charge on any atom is 0.223 e. The Bertz CT molecular complexity index is 422. The van der Waals surface area contributed by atoms with Gasteiger partial charge in [0.05, 0.1) is 5.69 Å². The van der Waals surface area contributed by atoms with Crippen LogP contribution in [0.3, 0.4) is 0 Å². The second-order valence-electron chi connectivity index (χ2n) is 4.98. The predicted molar refractivity (Wildman–Crippen MR) is 81.4 cm³/mol. The van der Waals surface area contributed by atoms with Crippen LogP contribution in [0.5, 0.6) is 0 Å². The van der Waals surface area contributed by atoms with Crippen molar-refractivity contribution in [1.29, 1.82) is 0 Å². The highest BCUT2D eigenvalue weighted by molar-refractivity contribution is 7.97. The monoisotopic (exact) mass is 299 g/mol. The lowest BCUT2D eigenvalue weighted by Gasteiger charge is -2.09. The maximum atomic E-state index is 11.9. The van der Waals surface area contributed by atoms with E-state index in [1.165, 1.54) is 0 Å². The van der Waals surface area contributed by atoms with E-state index in [1.54, 1.807) is 23.1 Å². The fourth-order valence-electron chi connectivity index (χ4n) is 2.37. The van der Waals surface area contributed by atoms with E-state index in [9.17, 15) is 4.79 Å². The molecule has 1 aromatic rings. The topological polar surface area (TPSA) is 68.0 Å². The summed E-state index contributed by atoms with van der Waals surface area (Å²) >= 11 is 3.48. The molecule has 4 nitrogen and oxygen atoms in total. The van der Waals surface area contributed by atoms with Crippen LogP contribution in [0.2, 0.25) is 0 Å². The van der Waals surface area contributed by atoms with Gasteiger partial charge in [-0.3, -0.25) is 4.79 Å². The van der Waals surface area contributed by atoms with Crippen molar-refractivity contribution in [1.82, 2.24) is 10.3 Å². The van der Waals surface area contributed by atoms with Crippen LogP contribution >= 0.6 is 23.1 Å². The van der Waals surface area contributed by atoms with Gasteiger partial charge in [-0.15, -0.1) is 11.3 Å². The number of aromatic nitrogens is 1. The molecule has 0 saturated heterocycles. The molecule has 0 spiro atoms. The molecule has 3 N–H and O–H groups in total. The number of hydrogen-bond donors (Lipinski definition) is 2. The number of carbonyl (C=O) groups excluding carboxylic acids is 1. The number of carbonyl (C=O) groups is 1. The van der Waals surface area contributed by atoms with E-state index in [2.05, 4.69) is 21.9 Å². The molecular formula is C13H21N3OS2. The molecular weight excluding hydrogens is 278 g/mol. The molecule has 1 aliphatic rings. The minimum Gasteiger partial charge on any atom is -0.355 e. The Kier molecular flexibility index (Phi) is 5.66. The first-order chi connectivity index (χ1) is 9.19. The SMILES string of the molecule is CSCc1nc(CCNC(=O)C2CCC(N)C2)cs1. The number of nitrogens with one attached hydrogen (secondary N) is 1. The van der Waals surface area contributed by atoms with E-state index in [-0.39, 0.29) is 17.9 Å². The Morgan fingerprint density at radius 2 is 2.47 bits per heavy atom. The highest BCUT2D eigenvalue weighted by atomic mass is 32.2. The van der Waals surface area contributed by atoms with Gasteiger partial charge < -0.3 is 11.1 Å². The number of nitrogens with two attached hydrogens (primary N) is 1. The average molecular weight is 299 g/mol. The third-order valence-electron chi connectivity index (χ3n) is 3.39. The van der Waals surface area contributed by atoms with Gasteiger partial charge in [-0.1, -0.05) is 0 Å². The van der Waals surface area contributed by atoms with Gasteiger partial charge in [0.1, 0.15) is 5.01 Å². The molecule has 0 aliphatic heterocycles. The van der Waals surface area contributed by atoms with Crippen LogP contribution in [-0.2, 0) is 17.0 Å². The average Bonchev–Trinajstić information content (AvgIpc) is 2.99. The fourth-order valence-corrected chi connectivity index (χ4v) is 3.92. The molecule has 0 aromatic carbocycles. The van der Waals surface area contributed by atoms with Gasteiger partial charge in [0.2, 0.25) is 5.91 Å². The van der Waals surface area contributed by atoms with Gasteiger partial charge in [0, 0.05) is 36.1 Å². The number of rotatable bonds is 6. The molecule has 1 aliphatic carbocycles. The maximum absolute atomic E-state index is 11.9. The Balaban J connectivity index is 1.69. The Hall–Kier alpha value is -0.590. The van der Waals surface area contributed by atoms with Crippen LogP contribution in [0.1, 0.15) is 30.0 Å². The lowest BCUT2D eigenvalue weighted by atomic mass is 10.1. The van der Waals surface area contributed by atoms with Crippen molar-refractivity contribution in [3.63, 3.8) is 0 Å². The van der Waals surface area contributed by atoms with Crippen LogP contribution in [0.25, 0.3) is 0 Å². The fraction of sp³-hybridized carbons (Fsp3) is 0.692. The van der Waals surface area contributed by atoms with E-state index in [0.29, 0.717) is 6.54 Å². The molecule has 2 rings (SSSR count). The zero-order chi connectivity index (χ0) is 13.7. The van der Waals surface area contributed by atoms with Crippen LogP contribution in [0.15, 0.2) is 5.38 Å². The molecule has 106 valence electrons. The van der Waals surface area contributed by atoms with Gasteiger partial charge >= 0.3 is 0 Å². The molecule has 0 bridgehead atoms. The first-order valence-corrected chi connectivity index (χ1v) is 8.92. The van der Waals surface area contributed by atoms with Crippen LogP contribution in [0, 0.1) is 5.92 Å². The summed E-state index contributed by atoms with van der Waals surface area (Å²) in [5, 5.41) is 6.25. The summed E-state index contributed by atoms with van der Waals surface area (Å²) in [4.78, 5) is 16.4. The highest BCUT2D eigenvalue weighted by Gasteiger charge is 2.27. The lowest BCUT2D eigenvalue weighted by Crippen LogP contribution is -2.32. The van der Waals surface area contributed by atoms with Crippen molar-refractivity contribution in [2.45, 2.75) is 37.5 Å². The first kappa shape index (κ1) is 14.8. The van der Waals surface area contributed by atoms with Gasteiger partial charge in [-0.05, 0) is 25.5 Å². The molecule has 1 amide bonds. The van der Waals surface area contributed by atoms with Gasteiger partial charge in [0.15, 0.2) is 0 Å².